The second-order valence-electron chi connectivity index (χ2n) is 4.00. The SMILES string of the molecule is CCOCCOCCOCC.O=C(O)CCCCC(=O)O. The number of rotatable bonds is 13. The molecule has 0 aromatic carbocycles. The van der Waals surface area contributed by atoms with E-state index < -0.39 is 11.9 Å². The molecule has 0 unspecified atom stereocenters. The Labute approximate surface area is 126 Å². The summed E-state index contributed by atoms with van der Waals surface area (Å²) >= 11 is 0. The number of carboxylic acids is 2. The molecule has 0 aliphatic rings. The van der Waals surface area contributed by atoms with Gasteiger partial charge in [0.2, 0.25) is 0 Å². The van der Waals surface area contributed by atoms with Gasteiger partial charge >= 0.3 is 11.9 Å². The topological polar surface area (TPSA) is 102 Å². The summed E-state index contributed by atoms with van der Waals surface area (Å²) in [5.74, 6) is -1.74. The van der Waals surface area contributed by atoms with E-state index in [1.807, 2.05) is 13.8 Å². The normalized spacial score (nSPS) is 9.81. The lowest BCUT2D eigenvalue weighted by atomic mass is 10.2. The van der Waals surface area contributed by atoms with Crippen LogP contribution in [0.15, 0.2) is 0 Å². The summed E-state index contributed by atoms with van der Waals surface area (Å²) in [5, 5.41) is 16.3. The van der Waals surface area contributed by atoms with Crippen LogP contribution in [-0.4, -0.2) is 61.8 Å². The van der Waals surface area contributed by atoms with Crippen molar-refractivity contribution in [3.8, 4) is 0 Å². The number of aliphatic carboxylic acids is 2. The van der Waals surface area contributed by atoms with E-state index in [0.717, 1.165) is 13.2 Å². The molecular formula is C14H28O7. The van der Waals surface area contributed by atoms with Gasteiger partial charge in [0.15, 0.2) is 0 Å². The maximum absolute atomic E-state index is 9.90. The number of unbranched alkanes of at least 4 members (excludes halogenated alkanes) is 1. The van der Waals surface area contributed by atoms with E-state index in [2.05, 4.69) is 0 Å². The van der Waals surface area contributed by atoms with Crippen molar-refractivity contribution in [3.63, 3.8) is 0 Å². The van der Waals surface area contributed by atoms with Crippen LogP contribution < -0.4 is 0 Å². The van der Waals surface area contributed by atoms with Crippen LogP contribution in [0, 0.1) is 0 Å². The van der Waals surface area contributed by atoms with Gasteiger partial charge < -0.3 is 24.4 Å². The van der Waals surface area contributed by atoms with Crippen molar-refractivity contribution in [3.05, 3.63) is 0 Å². The molecule has 0 aromatic rings. The maximum Gasteiger partial charge on any atom is 0.303 e. The summed E-state index contributed by atoms with van der Waals surface area (Å²) in [6.07, 6.45) is 1.02. The highest BCUT2D eigenvalue weighted by Gasteiger charge is 1.99. The van der Waals surface area contributed by atoms with Crippen LogP contribution in [0.1, 0.15) is 39.5 Å². The zero-order chi connectivity index (χ0) is 16.3. The average Bonchev–Trinajstić information content (AvgIpc) is 2.43. The molecule has 0 saturated heterocycles. The minimum absolute atomic E-state index is 0.0628. The van der Waals surface area contributed by atoms with Gasteiger partial charge in [-0.3, -0.25) is 9.59 Å². The highest BCUT2D eigenvalue weighted by atomic mass is 16.5. The fourth-order valence-corrected chi connectivity index (χ4v) is 1.18. The third kappa shape index (κ3) is 27.9. The molecule has 0 rings (SSSR count). The molecule has 0 heterocycles. The second-order valence-corrected chi connectivity index (χ2v) is 4.00. The Morgan fingerprint density at radius 1 is 0.714 bits per heavy atom. The van der Waals surface area contributed by atoms with Crippen LogP contribution >= 0.6 is 0 Å². The second kappa shape index (κ2) is 18.8. The summed E-state index contributed by atoms with van der Waals surface area (Å²) in [6.45, 7) is 8.16. The first-order valence-corrected chi connectivity index (χ1v) is 7.21. The zero-order valence-corrected chi connectivity index (χ0v) is 13.0. The molecule has 0 aliphatic carbocycles. The molecule has 0 radical (unpaired) electrons. The molecule has 0 atom stereocenters. The lowest BCUT2D eigenvalue weighted by Crippen LogP contribution is -2.08. The van der Waals surface area contributed by atoms with Crippen molar-refractivity contribution in [2.45, 2.75) is 39.5 Å². The van der Waals surface area contributed by atoms with E-state index in [1.165, 1.54) is 0 Å². The highest BCUT2D eigenvalue weighted by molar-refractivity contribution is 5.67. The summed E-state index contributed by atoms with van der Waals surface area (Å²) in [4.78, 5) is 19.8. The molecule has 21 heavy (non-hydrogen) atoms. The Hall–Kier alpha value is -1.18. The van der Waals surface area contributed by atoms with E-state index in [1.54, 1.807) is 0 Å². The molecular weight excluding hydrogens is 280 g/mol. The molecule has 0 bridgehead atoms. The fourth-order valence-electron chi connectivity index (χ4n) is 1.18. The highest BCUT2D eigenvalue weighted by Crippen LogP contribution is 1.98. The minimum Gasteiger partial charge on any atom is -0.481 e. The van der Waals surface area contributed by atoms with Gasteiger partial charge in [-0.25, -0.2) is 0 Å². The van der Waals surface area contributed by atoms with Gasteiger partial charge in [-0.15, -0.1) is 0 Å². The van der Waals surface area contributed by atoms with E-state index in [4.69, 9.17) is 24.4 Å². The smallest absolute Gasteiger partial charge is 0.303 e. The standard InChI is InChI=1S/C8H18O3.C6H10O4/c1-3-9-5-7-11-8-6-10-4-2;7-5(8)3-1-2-4-6(9)10/h3-8H2,1-2H3;1-4H2,(H,7,8)(H,9,10). The van der Waals surface area contributed by atoms with Crippen molar-refractivity contribution >= 4 is 11.9 Å². The van der Waals surface area contributed by atoms with Crippen LogP contribution in [0.4, 0.5) is 0 Å². The molecule has 0 fully saturated rings. The van der Waals surface area contributed by atoms with E-state index >= 15 is 0 Å². The Balaban J connectivity index is 0. The van der Waals surface area contributed by atoms with Crippen LogP contribution in [-0.2, 0) is 23.8 Å². The van der Waals surface area contributed by atoms with Crippen molar-refractivity contribution in [2.24, 2.45) is 0 Å². The average molecular weight is 308 g/mol. The molecule has 0 aromatic heterocycles. The Morgan fingerprint density at radius 2 is 1.05 bits per heavy atom. The monoisotopic (exact) mass is 308 g/mol. The zero-order valence-electron chi connectivity index (χ0n) is 13.0. The molecule has 0 spiro atoms. The predicted molar refractivity (Wildman–Crippen MR) is 77.5 cm³/mol. The number of ether oxygens (including phenoxy) is 3. The predicted octanol–water partition coefficient (Wildman–Crippen LogP) is 1.79. The third-order valence-corrected chi connectivity index (χ3v) is 2.18. The molecule has 7 nitrogen and oxygen atoms in total. The number of hydrogen-bond donors (Lipinski definition) is 2. The summed E-state index contributed by atoms with van der Waals surface area (Å²) in [6, 6.07) is 0. The van der Waals surface area contributed by atoms with Gasteiger partial charge in [-0.05, 0) is 26.7 Å². The van der Waals surface area contributed by atoms with Crippen LogP contribution in [0.25, 0.3) is 0 Å². The molecule has 0 amide bonds. The molecule has 2 N–H and O–H groups in total. The largest absolute Gasteiger partial charge is 0.481 e. The van der Waals surface area contributed by atoms with Crippen molar-refractivity contribution in [1.29, 1.82) is 0 Å². The van der Waals surface area contributed by atoms with Crippen LogP contribution in [0.5, 0.6) is 0 Å². The third-order valence-electron chi connectivity index (χ3n) is 2.18. The Bertz CT molecular complexity index is 219. The molecule has 0 aliphatic heterocycles. The van der Waals surface area contributed by atoms with Crippen molar-refractivity contribution in [2.75, 3.05) is 39.6 Å². The van der Waals surface area contributed by atoms with Crippen LogP contribution in [0.2, 0.25) is 0 Å². The minimum atomic E-state index is -0.870. The lowest BCUT2D eigenvalue weighted by molar-refractivity contribution is -0.139. The maximum atomic E-state index is 9.90. The number of hydrogen-bond acceptors (Lipinski definition) is 5. The van der Waals surface area contributed by atoms with E-state index in [0.29, 0.717) is 39.3 Å². The Morgan fingerprint density at radius 3 is 1.33 bits per heavy atom. The first-order valence-electron chi connectivity index (χ1n) is 7.21. The van der Waals surface area contributed by atoms with Gasteiger partial charge in [0.1, 0.15) is 0 Å². The number of carboxylic acid groups (broad SMARTS) is 2. The first kappa shape index (κ1) is 22.1. The first-order chi connectivity index (χ1) is 10.0. The Kier molecular flexibility index (Phi) is 19.8. The van der Waals surface area contributed by atoms with E-state index in [9.17, 15) is 9.59 Å². The summed E-state index contributed by atoms with van der Waals surface area (Å²) < 4.78 is 15.3. The van der Waals surface area contributed by atoms with Gasteiger partial charge in [0.05, 0.1) is 26.4 Å². The van der Waals surface area contributed by atoms with Crippen LogP contribution in [0.3, 0.4) is 0 Å². The quantitative estimate of drug-likeness (QED) is 0.500. The number of carbonyl (C=O) groups is 2. The van der Waals surface area contributed by atoms with E-state index in [-0.39, 0.29) is 12.8 Å². The van der Waals surface area contributed by atoms with Crippen molar-refractivity contribution < 1.29 is 34.0 Å². The summed E-state index contributed by atoms with van der Waals surface area (Å²) in [7, 11) is 0. The van der Waals surface area contributed by atoms with Gasteiger partial charge in [-0.2, -0.15) is 0 Å². The van der Waals surface area contributed by atoms with Crippen molar-refractivity contribution in [1.82, 2.24) is 0 Å². The summed E-state index contributed by atoms with van der Waals surface area (Å²) in [5.41, 5.74) is 0. The lowest BCUT2D eigenvalue weighted by Gasteiger charge is -2.03. The molecule has 7 heteroatoms. The molecule has 126 valence electrons. The fraction of sp³-hybridized carbons (Fsp3) is 0.857. The van der Waals surface area contributed by atoms with Gasteiger partial charge in [0, 0.05) is 26.1 Å². The van der Waals surface area contributed by atoms with Gasteiger partial charge in [-0.1, -0.05) is 0 Å². The van der Waals surface area contributed by atoms with Gasteiger partial charge in [0.25, 0.3) is 0 Å². The molecule has 0 saturated carbocycles.